The number of nitrogens with two attached hydrogens (primary N) is 1. The smallest absolute Gasteiger partial charge is 0.116 e. The van der Waals surface area contributed by atoms with Crippen molar-refractivity contribution >= 4 is 22.6 Å². The molecule has 0 aromatic heterocycles. The summed E-state index contributed by atoms with van der Waals surface area (Å²) >= 11 is 2.12. The molecule has 0 saturated heterocycles. The second kappa shape index (κ2) is 4.78. The predicted octanol–water partition coefficient (Wildman–Crippen LogP) is 1.38. The van der Waals surface area contributed by atoms with Crippen molar-refractivity contribution in [1.82, 2.24) is 0 Å². The minimum atomic E-state index is -0.155. The van der Waals surface area contributed by atoms with Crippen molar-refractivity contribution in [1.29, 1.82) is 0 Å². The number of hydrogen-bond donors (Lipinski definition) is 3. The van der Waals surface area contributed by atoms with Crippen LogP contribution < -0.4 is 5.73 Å². The summed E-state index contributed by atoms with van der Waals surface area (Å²) in [4.78, 5) is 0. The maximum Gasteiger partial charge on any atom is 0.116 e. The number of hydrogen-bond acceptors (Lipinski definition) is 3. The van der Waals surface area contributed by atoms with Crippen LogP contribution in [0.5, 0.6) is 5.75 Å². The Kier molecular flexibility index (Phi) is 3.95. The van der Waals surface area contributed by atoms with Gasteiger partial charge in [0.15, 0.2) is 0 Å². The lowest BCUT2D eigenvalue weighted by Crippen LogP contribution is -2.13. The van der Waals surface area contributed by atoms with Gasteiger partial charge in [-0.3, -0.25) is 0 Å². The number of phenolic OH excluding ortho intramolecular Hbond substituents is 1. The predicted molar refractivity (Wildman–Crippen MR) is 59.5 cm³/mol. The van der Waals surface area contributed by atoms with Crippen LogP contribution >= 0.6 is 22.6 Å². The first-order valence-electron chi connectivity index (χ1n) is 4.00. The monoisotopic (exact) mass is 293 g/mol. The maximum atomic E-state index is 9.15. The quantitative estimate of drug-likeness (QED) is 0.738. The molecule has 72 valence electrons. The fourth-order valence-electron chi connectivity index (χ4n) is 1.11. The molecule has 0 bridgehead atoms. The molecular weight excluding hydrogens is 281 g/mol. The molecule has 1 aromatic carbocycles. The zero-order valence-electron chi connectivity index (χ0n) is 7.07. The van der Waals surface area contributed by atoms with Gasteiger partial charge in [-0.2, -0.15) is 0 Å². The van der Waals surface area contributed by atoms with Crippen molar-refractivity contribution in [2.75, 3.05) is 6.61 Å². The Morgan fingerprint density at radius 1 is 1.46 bits per heavy atom. The Bertz CT molecular complexity index is 291. The number of aliphatic hydroxyl groups is 1. The molecule has 0 aliphatic heterocycles. The largest absolute Gasteiger partial charge is 0.508 e. The molecule has 0 unspecified atom stereocenters. The molecular formula is C9H12INO2. The molecule has 4 heteroatoms. The zero-order chi connectivity index (χ0) is 9.84. The van der Waals surface area contributed by atoms with E-state index in [1.165, 1.54) is 0 Å². The lowest BCUT2D eigenvalue weighted by molar-refractivity contribution is 0.276. The number of phenols is 1. The Hall–Kier alpha value is -0.330. The summed E-state index contributed by atoms with van der Waals surface area (Å²) in [6.45, 7) is 0.0815. The Balaban J connectivity index is 2.88. The van der Waals surface area contributed by atoms with E-state index in [0.717, 1.165) is 9.13 Å². The molecule has 0 spiro atoms. The lowest BCUT2D eigenvalue weighted by atomic mass is 10.1. The summed E-state index contributed by atoms with van der Waals surface area (Å²) in [5.41, 5.74) is 6.78. The van der Waals surface area contributed by atoms with Crippen molar-refractivity contribution in [3.63, 3.8) is 0 Å². The van der Waals surface area contributed by atoms with E-state index in [1.807, 2.05) is 0 Å². The van der Waals surface area contributed by atoms with Crippen molar-refractivity contribution < 1.29 is 10.2 Å². The lowest BCUT2D eigenvalue weighted by Gasteiger charge is -2.12. The first-order valence-corrected chi connectivity index (χ1v) is 5.08. The average Bonchev–Trinajstić information content (AvgIpc) is 2.04. The van der Waals surface area contributed by atoms with Crippen LogP contribution in [0, 0.1) is 3.57 Å². The SMILES string of the molecule is N[C@H](CCO)c1ccc(O)cc1I. The molecule has 13 heavy (non-hydrogen) atoms. The molecule has 0 amide bonds. The van der Waals surface area contributed by atoms with Crippen LogP contribution in [-0.4, -0.2) is 16.8 Å². The molecule has 1 rings (SSSR count). The molecule has 0 saturated carbocycles. The number of rotatable bonds is 3. The van der Waals surface area contributed by atoms with Gasteiger partial charge < -0.3 is 15.9 Å². The summed E-state index contributed by atoms with van der Waals surface area (Å²) in [7, 11) is 0. The second-order valence-corrected chi connectivity index (χ2v) is 3.99. The highest BCUT2D eigenvalue weighted by Crippen LogP contribution is 2.24. The van der Waals surface area contributed by atoms with Crippen LogP contribution in [0.15, 0.2) is 18.2 Å². The third-order valence-corrected chi connectivity index (χ3v) is 2.76. The number of benzene rings is 1. The van der Waals surface area contributed by atoms with E-state index in [-0.39, 0.29) is 18.4 Å². The van der Waals surface area contributed by atoms with Gasteiger partial charge in [-0.25, -0.2) is 0 Å². The van der Waals surface area contributed by atoms with Gasteiger partial charge in [-0.1, -0.05) is 6.07 Å². The third-order valence-electron chi connectivity index (χ3n) is 1.82. The van der Waals surface area contributed by atoms with Crippen LogP contribution in [0.4, 0.5) is 0 Å². The molecule has 0 aliphatic rings. The second-order valence-electron chi connectivity index (χ2n) is 2.82. The summed E-state index contributed by atoms with van der Waals surface area (Å²) in [6, 6.07) is 4.90. The first kappa shape index (κ1) is 10.7. The summed E-state index contributed by atoms with van der Waals surface area (Å²) in [5, 5.41) is 17.9. The minimum absolute atomic E-state index is 0.0815. The fourth-order valence-corrected chi connectivity index (χ4v) is 2.01. The van der Waals surface area contributed by atoms with E-state index in [9.17, 15) is 0 Å². The van der Waals surface area contributed by atoms with Gasteiger partial charge in [-0.15, -0.1) is 0 Å². The Labute approximate surface area is 90.7 Å². The standard InChI is InChI=1S/C9H12INO2/c10-8-5-6(13)1-2-7(8)9(11)3-4-12/h1-2,5,9,12-13H,3-4,11H2/t9-/m1/s1. The van der Waals surface area contributed by atoms with E-state index in [1.54, 1.807) is 18.2 Å². The van der Waals surface area contributed by atoms with E-state index in [4.69, 9.17) is 15.9 Å². The van der Waals surface area contributed by atoms with E-state index < -0.39 is 0 Å². The van der Waals surface area contributed by atoms with Crippen molar-refractivity contribution in [3.8, 4) is 5.75 Å². The summed E-state index contributed by atoms with van der Waals surface area (Å²) in [5.74, 6) is 0.240. The van der Waals surface area contributed by atoms with Crippen molar-refractivity contribution in [2.45, 2.75) is 12.5 Å². The highest BCUT2D eigenvalue weighted by atomic mass is 127. The van der Waals surface area contributed by atoms with Crippen LogP contribution in [0.3, 0.4) is 0 Å². The van der Waals surface area contributed by atoms with Gasteiger partial charge in [0.05, 0.1) is 0 Å². The number of aliphatic hydroxyl groups excluding tert-OH is 1. The topological polar surface area (TPSA) is 66.5 Å². The fraction of sp³-hybridized carbons (Fsp3) is 0.333. The molecule has 0 aliphatic carbocycles. The third kappa shape index (κ3) is 2.82. The average molecular weight is 293 g/mol. The highest BCUT2D eigenvalue weighted by molar-refractivity contribution is 14.1. The summed E-state index contributed by atoms with van der Waals surface area (Å²) < 4.78 is 0.929. The van der Waals surface area contributed by atoms with Gasteiger partial charge in [0.1, 0.15) is 5.75 Å². The van der Waals surface area contributed by atoms with E-state index in [2.05, 4.69) is 22.6 Å². The van der Waals surface area contributed by atoms with Crippen LogP contribution in [0.1, 0.15) is 18.0 Å². The minimum Gasteiger partial charge on any atom is -0.508 e. The molecule has 4 N–H and O–H groups in total. The van der Waals surface area contributed by atoms with E-state index in [0.29, 0.717) is 6.42 Å². The van der Waals surface area contributed by atoms with Gasteiger partial charge in [0.25, 0.3) is 0 Å². The van der Waals surface area contributed by atoms with Crippen LogP contribution in [0.2, 0.25) is 0 Å². The molecule has 0 fully saturated rings. The normalized spacial score (nSPS) is 12.8. The number of aromatic hydroxyl groups is 1. The zero-order valence-corrected chi connectivity index (χ0v) is 9.23. The molecule has 3 nitrogen and oxygen atoms in total. The van der Waals surface area contributed by atoms with Crippen molar-refractivity contribution in [3.05, 3.63) is 27.3 Å². The molecule has 0 radical (unpaired) electrons. The van der Waals surface area contributed by atoms with Gasteiger partial charge in [-0.05, 0) is 46.7 Å². The Morgan fingerprint density at radius 3 is 2.69 bits per heavy atom. The highest BCUT2D eigenvalue weighted by Gasteiger charge is 2.09. The number of halogens is 1. The van der Waals surface area contributed by atoms with Gasteiger partial charge in [0.2, 0.25) is 0 Å². The molecule has 1 aromatic rings. The molecule has 0 heterocycles. The van der Waals surface area contributed by atoms with Crippen LogP contribution in [0.25, 0.3) is 0 Å². The molecule has 1 atom stereocenters. The first-order chi connectivity index (χ1) is 6.15. The maximum absolute atomic E-state index is 9.15. The van der Waals surface area contributed by atoms with Crippen LogP contribution in [-0.2, 0) is 0 Å². The van der Waals surface area contributed by atoms with Gasteiger partial charge >= 0.3 is 0 Å². The summed E-state index contributed by atoms with van der Waals surface area (Å²) in [6.07, 6.45) is 0.542. The Morgan fingerprint density at radius 2 is 2.15 bits per heavy atom. The van der Waals surface area contributed by atoms with Gasteiger partial charge in [0, 0.05) is 16.2 Å². The van der Waals surface area contributed by atoms with E-state index >= 15 is 0 Å². The van der Waals surface area contributed by atoms with Crippen molar-refractivity contribution in [2.24, 2.45) is 5.73 Å².